The molecule has 102 valence electrons. The van der Waals surface area contributed by atoms with Crippen molar-refractivity contribution in [3.63, 3.8) is 0 Å². The molecule has 0 saturated heterocycles. The van der Waals surface area contributed by atoms with Crippen LogP contribution in [0.4, 0.5) is 0 Å². The van der Waals surface area contributed by atoms with Crippen molar-refractivity contribution in [2.45, 2.75) is 30.9 Å². The topological polar surface area (TPSA) is 64.9 Å². The number of hydrogen-bond acceptors (Lipinski definition) is 5. The fraction of sp³-hybridized carbons (Fsp3) is 0.385. The van der Waals surface area contributed by atoms with Crippen molar-refractivity contribution in [1.29, 1.82) is 0 Å². The number of rotatable bonds is 5. The normalized spacial score (nSPS) is 12.9. The van der Waals surface area contributed by atoms with Gasteiger partial charge < -0.3 is 10.2 Å². The molecule has 1 aromatic heterocycles. The molecular formula is C13H16ClN3OS. The van der Waals surface area contributed by atoms with Crippen LogP contribution in [-0.4, -0.2) is 10.2 Å². The first kappa shape index (κ1) is 14.4. The standard InChI is InChI=1S/C13H16ClN3OS/c1-8(2)11(15)12-16-17-13(18-12)19-7-9-5-3-4-6-10(9)14/h3-6,8,11H,7,15H2,1-2H3/t11-/m1/s1. The lowest BCUT2D eigenvalue weighted by molar-refractivity contribution is 0.349. The molecule has 0 aliphatic carbocycles. The maximum absolute atomic E-state index is 6.09. The van der Waals surface area contributed by atoms with Gasteiger partial charge in [-0.25, -0.2) is 0 Å². The summed E-state index contributed by atoms with van der Waals surface area (Å²) < 4.78 is 5.54. The van der Waals surface area contributed by atoms with Crippen LogP contribution < -0.4 is 5.73 Å². The minimum absolute atomic E-state index is 0.220. The summed E-state index contributed by atoms with van der Waals surface area (Å²) in [4.78, 5) is 0. The van der Waals surface area contributed by atoms with E-state index in [0.29, 0.717) is 16.9 Å². The highest BCUT2D eigenvalue weighted by Crippen LogP contribution is 2.27. The minimum Gasteiger partial charge on any atom is -0.414 e. The summed E-state index contributed by atoms with van der Waals surface area (Å²) in [6, 6.07) is 7.48. The molecule has 0 saturated carbocycles. The Labute approximate surface area is 121 Å². The lowest BCUT2D eigenvalue weighted by Gasteiger charge is -2.09. The number of aromatic nitrogens is 2. The molecule has 6 heteroatoms. The highest BCUT2D eigenvalue weighted by molar-refractivity contribution is 7.98. The second-order valence-corrected chi connectivity index (χ2v) is 5.89. The van der Waals surface area contributed by atoms with Gasteiger partial charge in [0.2, 0.25) is 5.89 Å². The molecule has 19 heavy (non-hydrogen) atoms. The Balaban J connectivity index is 1.99. The Morgan fingerprint density at radius 1 is 1.32 bits per heavy atom. The summed E-state index contributed by atoms with van der Waals surface area (Å²) in [6.45, 7) is 4.04. The van der Waals surface area contributed by atoms with Crippen molar-refractivity contribution in [1.82, 2.24) is 10.2 Å². The fourth-order valence-electron chi connectivity index (χ4n) is 1.45. The van der Waals surface area contributed by atoms with Crippen molar-refractivity contribution in [3.05, 3.63) is 40.7 Å². The molecule has 0 amide bonds. The van der Waals surface area contributed by atoms with E-state index in [0.717, 1.165) is 10.6 Å². The van der Waals surface area contributed by atoms with Crippen molar-refractivity contribution in [3.8, 4) is 0 Å². The van der Waals surface area contributed by atoms with Crippen molar-refractivity contribution in [2.75, 3.05) is 0 Å². The summed E-state index contributed by atoms with van der Waals surface area (Å²) in [6.07, 6.45) is 0. The van der Waals surface area contributed by atoms with Gasteiger partial charge in [0.05, 0.1) is 6.04 Å². The zero-order valence-corrected chi connectivity index (χ0v) is 12.4. The van der Waals surface area contributed by atoms with Gasteiger partial charge >= 0.3 is 0 Å². The van der Waals surface area contributed by atoms with Gasteiger partial charge in [0.1, 0.15) is 0 Å². The molecule has 1 atom stereocenters. The van der Waals surface area contributed by atoms with Gasteiger partial charge in [-0.05, 0) is 17.5 Å². The summed E-state index contributed by atoms with van der Waals surface area (Å²) in [5.74, 6) is 1.44. The maximum atomic E-state index is 6.09. The first-order valence-electron chi connectivity index (χ1n) is 6.03. The van der Waals surface area contributed by atoms with Crippen LogP contribution in [0.5, 0.6) is 0 Å². The molecule has 0 aliphatic rings. The van der Waals surface area contributed by atoms with E-state index in [1.165, 1.54) is 11.8 Å². The fourth-order valence-corrected chi connectivity index (χ4v) is 2.51. The molecule has 4 nitrogen and oxygen atoms in total. The van der Waals surface area contributed by atoms with Crippen LogP contribution in [0.2, 0.25) is 5.02 Å². The highest BCUT2D eigenvalue weighted by Gasteiger charge is 2.18. The maximum Gasteiger partial charge on any atom is 0.276 e. The second kappa shape index (κ2) is 6.41. The lowest BCUT2D eigenvalue weighted by atomic mass is 10.1. The molecule has 0 aliphatic heterocycles. The Bertz CT molecular complexity index is 544. The summed E-state index contributed by atoms with van der Waals surface area (Å²) in [5, 5.41) is 9.23. The molecular weight excluding hydrogens is 282 g/mol. The highest BCUT2D eigenvalue weighted by atomic mass is 35.5. The molecule has 2 rings (SSSR count). The van der Waals surface area contributed by atoms with Gasteiger partial charge in [0.15, 0.2) is 0 Å². The molecule has 0 radical (unpaired) electrons. The summed E-state index contributed by atoms with van der Waals surface area (Å²) in [7, 11) is 0. The SMILES string of the molecule is CC(C)[C@@H](N)c1nnc(SCc2ccccc2Cl)o1. The molecule has 0 bridgehead atoms. The zero-order chi connectivity index (χ0) is 13.8. The predicted molar refractivity (Wildman–Crippen MR) is 77.1 cm³/mol. The average molecular weight is 298 g/mol. The van der Waals surface area contributed by atoms with E-state index in [-0.39, 0.29) is 12.0 Å². The molecule has 0 unspecified atom stereocenters. The minimum atomic E-state index is -0.220. The van der Waals surface area contributed by atoms with Crippen LogP contribution in [0.25, 0.3) is 0 Å². The van der Waals surface area contributed by atoms with E-state index in [4.69, 9.17) is 21.8 Å². The average Bonchev–Trinajstić information content (AvgIpc) is 2.85. The first-order valence-corrected chi connectivity index (χ1v) is 7.39. The van der Waals surface area contributed by atoms with E-state index in [9.17, 15) is 0 Å². The second-order valence-electron chi connectivity index (χ2n) is 4.56. The zero-order valence-electron chi connectivity index (χ0n) is 10.8. The van der Waals surface area contributed by atoms with Gasteiger partial charge in [-0.3, -0.25) is 0 Å². The van der Waals surface area contributed by atoms with Crippen LogP contribution >= 0.6 is 23.4 Å². The van der Waals surface area contributed by atoms with Crippen LogP contribution in [0.3, 0.4) is 0 Å². The Morgan fingerprint density at radius 2 is 2.05 bits per heavy atom. The third-order valence-electron chi connectivity index (χ3n) is 2.73. The van der Waals surface area contributed by atoms with Crippen LogP contribution in [-0.2, 0) is 5.75 Å². The van der Waals surface area contributed by atoms with Gasteiger partial charge in [-0.2, -0.15) is 0 Å². The van der Waals surface area contributed by atoms with Crippen LogP contribution in [0.15, 0.2) is 33.9 Å². The van der Waals surface area contributed by atoms with Gasteiger partial charge in [0.25, 0.3) is 5.22 Å². The van der Waals surface area contributed by atoms with Gasteiger partial charge in [-0.15, -0.1) is 10.2 Å². The number of halogens is 1. The summed E-state index contributed by atoms with van der Waals surface area (Å²) in [5.41, 5.74) is 7.00. The van der Waals surface area contributed by atoms with E-state index < -0.39 is 0 Å². The number of hydrogen-bond donors (Lipinski definition) is 1. The Hall–Kier alpha value is -1.04. The van der Waals surface area contributed by atoms with E-state index in [2.05, 4.69) is 10.2 Å². The Morgan fingerprint density at radius 3 is 2.74 bits per heavy atom. The van der Waals surface area contributed by atoms with E-state index >= 15 is 0 Å². The number of thioether (sulfide) groups is 1. The smallest absolute Gasteiger partial charge is 0.276 e. The van der Waals surface area contributed by atoms with E-state index in [1.807, 2.05) is 38.1 Å². The van der Waals surface area contributed by atoms with Crippen LogP contribution in [0, 0.1) is 5.92 Å². The molecule has 2 N–H and O–H groups in total. The Kier molecular flexibility index (Phi) is 4.85. The quantitative estimate of drug-likeness (QED) is 0.853. The van der Waals surface area contributed by atoms with Gasteiger partial charge in [-0.1, -0.05) is 55.4 Å². The van der Waals surface area contributed by atoms with E-state index in [1.54, 1.807) is 0 Å². The molecule has 0 fully saturated rings. The largest absolute Gasteiger partial charge is 0.414 e. The van der Waals surface area contributed by atoms with Crippen LogP contribution in [0.1, 0.15) is 31.3 Å². The number of nitrogens with two attached hydrogens (primary N) is 1. The predicted octanol–water partition coefficient (Wildman–Crippen LogP) is 3.67. The molecule has 1 aromatic carbocycles. The molecule has 1 heterocycles. The molecule has 0 spiro atoms. The molecule has 2 aromatic rings. The van der Waals surface area contributed by atoms with Crippen molar-refractivity contribution < 1.29 is 4.42 Å². The first-order chi connectivity index (χ1) is 9.08. The lowest BCUT2D eigenvalue weighted by Crippen LogP contribution is -2.16. The van der Waals surface area contributed by atoms with Gasteiger partial charge in [0, 0.05) is 10.8 Å². The number of nitrogens with zero attached hydrogens (tertiary/aromatic N) is 2. The monoisotopic (exact) mass is 297 g/mol. The third kappa shape index (κ3) is 3.72. The summed E-state index contributed by atoms with van der Waals surface area (Å²) >= 11 is 7.55. The third-order valence-corrected chi connectivity index (χ3v) is 3.97. The number of benzene rings is 1. The van der Waals surface area contributed by atoms with Crippen molar-refractivity contribution in [2.24, 2.45) is 11.7 Å². The van der Waals surface area contributed by atoms with Crippen molar-refractivity contribution >= 4 is 23.4 Å².